The Morgan fingerprint density at radius 1 is 0.857 bits per heavy atom. The summed E-state index contributed by atoms with van der Waals surface area (Å²) in [7, 11) is 3.75. The van der Waals surface area contributed by atoms with E-state index in [1.54, 1.807) is 0 Å². The molecular weight excluding hydrogens is 276 g/mol. The molecular formula is C15H24O6. The van der Waals surface area contributed by atoms with E-state index in [-0.39, 0.29) is 18.3 Å². The van der Waals surface area contributed by atoms with Crippen molar-refractivity contribution >= 4 is 17.9 Å². The highest BCUT2D eigenvalue weighted by molar-refractivity contribution is 5.95. The minimum Gasteiger partial charge on any atom is -0.469 e. The molecule has 0 amide bonds. The molecule has 0 aromatic carbocycles. The van der Waals surface area contributed by atoms with Gasteiger partial charge in [0.15, 0.2) is 5.92 Å². The van der Waals surface area contributed by atoms with Gasteiger partial charge in [0, 0.05) is 0 Å². The van der Waals surface area contributed by atoms with Gasteiger partial charge in [0.25, 0.3) is 0 Å². The topological polar surface area (TPSA) is 78.9 Å². The van der Waals surface area contributed by atoms with Crippen LogP contribution in [0.15, 0.2) is 0 Å². The van der Waals surface area contributed by atoms with Gasteiger partial charge in [-0.3, -0.25) is 14.4 Å². The fraction of sp³-hybridized carbons (Fsp3) is 0.800. The SMILES string of the molecule is COC(=O)C(CC(C(=O)OC)C1CCCCC1)C(=O)OC. The zero-order chi connectivity index (χ0) is 15.8. The molecule has 0 bridgehead atoms. The van der Waals surface area contributed by atoms with Crippen molar-refractivity contribution in [3.8, 4) is 0 Å². The number of ether oxygens (including phenoxy) is 3. The molecule has 1 aliphatic carbocycles. The summed E-state index contributed by atoms with van der Waals surface area (Å²) in [4.78, 5) is 35.6. The number of hydrogen-bond acceptors (Lipinski definition) is 6. The number of hydrogen-bond donors (Lipinski definition) is 0. The first-order valence-corrected chi connectivity index (χ1v) is 7.28. The maximum atomic E-state index is 12.0. The molecule has 0 heterocycles. The second-order valence-electron chi connectivity index (χ2n) is 5.36. The first kappa shape index (κ1) is 17.5. The molecule has 1 rings (SSSR count). The summed E-state index contributed by atoms with van der Waals surface area (Å²) < 4.78 is 14.1. The van der Waals surface area contributed by atoms with Crippen LogP contribution in [0.25, 0.3) is 0 Å². The van der Waals surface area contributed by atoms with Gasteiger partial charge < -0.3 is 14.2 Å². The van der Waals surface area contributed by atoms with Crippen LogP contribution < -0.4 is 0 Å². The molecule has 0 aliphatic heterocycles. The van der Waals surface area contributed by atoms with E-state index < -0.39 is 23.8 Å². The van der Waals surface area contributed by atoms with Crippen LogP contribution in [0.1, 0.15) is 38.5 Å². The van der Waals surface area contributed by atoms with Gasteiger partial charge in [0.2, 0.25) is 0 Å². The number of rotatable bonds is 6. The average molecular weight is 300 g/mol. The Morgan fingerprint density at radius 3 is 1.76 bits per heavy atom. The second-order valence-corrected chi connectivity index (χ2v) is 5.36. The van der Waals surface area contributed by atoms with Gasteiger partial charge in [-0.2, -0.15) is 0 Å². The molecule has 1 fully saturated rings. The lowest BCUT2D eigenvalue weighted by molar-refractivity contribution is -0.161. The molecule has 1 aliphatic rings. The predicted molar refractivity (Wildman–Crippen MR) is 74.2 cm³/mol. The van der Waals surface area contributed by atoms with Crippen molar-refractivity contribution in [2.45, 2.75) is 38.5 Å². The van der Waals surface area contributed by atoms with Gasteiger partial charge in [-0.15, -0.1) is 0 Å². The van der Waals surface area contributed by atoms with Gasteiger partial charge in [-0.05, 0) is 25.2 Å². The third-order valence-corrected chi connectivity index (χ3v) is 4.18. The lowest BCUT2D eigenvalue weighted by Crippen LogP contribution is -2.35. The molecule has 1 unspecified atom stereocenters. The minimum atomic E-state index is -1.08. The zero-order valence-electron chi connectivity index (χ0n) is 12.9. The van der Waals surface area contributed by atoms with Crippen molar-refractivity contribution in [1.82, 2.24) is 0 Å². The van der Waals surface area contributed by atoms with Crippen molar-refractivity contribution in [3.63, 3.8) is 0 Å². The van der Waals surface area contributed by atoms with Crippen LogP contribution in [0.3, 0.4) is 0 Å². The molecule has 0 aromatic heterocycles. The summed E-state index contributed by atoms with van der Waals surface area (Å²) in [6.07, 6.45) is 5.17. The monoisotopic (exact) mass is 300 g/mol. The summed E-state index contributed by atoms with van der Waals surface area (Å²) in [6, 6.07) is 0. The van der Waals surface area contributed by atoms with E-state index >= 15 is 0 Å². The van der Waals surface area contributed by atoms with Crippen molar-refractivity contribution in [2.75, 3.05) is 21.3 Å². The molecule has 0 spiro atoms. The molecule has 0 N–H and O–H groups in total. The molecule has 120 valence electrons. The molecule has 6 heteroatoms. The Kier molecular flexibility index (Phi) is 7.19. The van der Waals surface area contributed by atoms with E-state index in [9.17, 15) is 14.4 Å². The van der Waals surface area contributed by atoms with Gasteiger partial charge in [0.1, 0.15) is 0 Å². The summed E-state index contributed by atoms with van der Waals surface area (Å²) in [5, 5.41) is 0. The van der Waals surface area contributed by atoms with E-state index in [4.69, 9.17) is 4.74 Å². The van der Waals surface area contributed by atoms with Crippen molar-refractivity contribution in [1.29, 1.82) is 0 Å². The molecule has 6 nitrogen and oxygen atoms in total. The smallest absolute Gasteiger partial charge is 0.320 e. The standard InChI is InChI=1S/C15H24O6/c1-19-13(16)11(10-7-5-4-6-8-10)9-12(14(17)20-2)15(18)21-3/h10-12H,4-9H2,1-3H3. The Hall–Kier alpha value is -1.59. The van der Waals surface area contributed by atoms with Gasteiger partial charge in [-0.1, -0.05) is 19.3 Å². The van der Waals surface area contributed by atoms with Gasteiger partial charge >= 0.3 is 17.9 Å². The van der Waals surface area contributed by atoms with Crippen molar-refractivity contribution < 1.29 is 28.6 Å². The maximum Gasteiger partial charge on any atom is 0.320 e. The van der Waals surface area contributed by atoms with Gasteiger partial charge in [0.05, 0.1) is 27.2 Å². The number of carbonyl (C=O) groups is 3. The van der Waals surface area contributed by atoms with Gasteiger partial charge in [-0.25, -0.2) is 0 Å². The largest absolute Gasteiger partial charge is 0.469 e. The summed E-state index contributed by atoms with van der Waals surface area (Å²) >= 11 is 0. The summed E-state index contributed by atoms with van der Waals surface area (Å²) in [5.74, 6) is -3.13. The van der Waals surface area contributed by atoms with Crippen LogP contribution in [0.4, 0.5) is 0 Å². The Morgan fingerprint density at radius 2 is 1.33 bits per heavy atom. The number of carbonyl (C=O) groups excluding carboxylic acids is 3. The van der Waals surface area contributed by atoms with Crippen LogP contribution in [0, 0.1) is 17.8 Å². The molecule has 1 saturated carbocycles. The lowest BCUT2D eigenvalue weighted by atomic mass is 9.76. The van der Waals surface area contributed by atoms with Crippen LogP contribution >= 0.6 is 0 Å². The van der Waals surface area contributed by atoms with Crippen molar-refractivity contribution in [2.24, 2.45) is 17.8 Å². The number of methoxy groups -OCH3 is 3. The first-order chi connectivity index (χ1) is 10.0. The highest BCUT2D eigenvalue weighted by atomic mass is 16.5. The fourth-order valence-corrected chi connectivity index (χ4v) is 3.00. The molecule has 1 atom stereocenters. The van der Waals surface area contributed by atoms with Crippen LogP contribution in [0.5, 0.6) is 0 Å². The molecule has 0 radical (unpaired) electrons. The zero-order valence-corrected chi connectivity index (χ0v) is 12.9. The normalized spacial score (nSPS) is 17.1. The third-order valence-electron chi connectivity index (χ3n) is 4.18. The van der Waals surface area contributed by atoms with E-state index in [0.717, 1.165) is 32.1 Å². The maximum absolute atomic E-state index is 12.0. The van der Waals surface area contributed by atoms with Crippen LogP contribution in [0.2, 0.25) is 0 Å². The highest BCUT2D eigenvalue weighted by Crippen LogP contribution is 2.34. The second kappa shape index (κ2) is 8.64. The highest BCUT2D eigenvalue weighted by Gasteiger charge is 2.38. The summed E-state index contributed by atoms with van der Waals surface area (Å²) in [5.41, 5.74) is 0. The fourth-order valence-electron chi connectivity index (χ4n) is 3.00. The summed E-state index contributed by atoms with van der Waals surface area (Å²) in [6.45, 7) is 0. The van der Waals surface area contributed by atoms with E-state index in [0.29, 0.717) is 0 Å². The molecule has 0 saturated heterocycles. The van der Waals surface area contributed by atoms with E-state index in [2.05, 4.69) is 9.47 Å². The Balaban J connectivity index is 2.87. The number of esters is 3. The first-order valence-electron chi connectivity index (χ1n) is 7.28. The molecule has 21 heavy (non-hydrogen) atoms. The van der Waals surface area contributed by atoms with Crippen LogP contribution in [-0.2, 0) is 28.6 Å². The minimum absolute atomic E-state index is 0.0800. The van der Waals surface area contributed by atoms with Crippen LogP contribution in [-0.4, -0.2) is 39.2 Å². The Bertz CT molecular complexity index is 356. The third kappa shape index (κ3) is 4.72. The van der Waals surface area contributed by atoms with E-state index in [1.807, 2.05) is 0 Å². The quantitative estimate of drug-likeness (QED) is 0.422. The van der Waals surface area contributed by atoms with E-state index in [1.165, 1.54) is 21.3 Å². The Labute approximate surface area is 125 Å². The molecule has 0 aromatic rings. The average Bonchev–Trinajstić information content (AvgIpc) is 2.54. The lowest BCUT2D eigenvalue weighted by Gasteiger charge is -2.29. The predicted octanol–water partition coefficient (Wildman–Crippen LogP) is 1.71. The van der Waals surface area contributed by atoms with Crippen molar-refractivity contribution in [3.05, 3.63) is 0 Å².